The number of ether oxygens (including phenoxy) is 1. The smallest absolute Gasteiger partial charge is 0.336 e. The Hall–Kier alpha value is -1.71. The first-order valence-electron chi connectivity index (χ1n) is 9.87. The number of nitrogens with zero attached hydrogens (tertiary/aromatic N) is 1. The summed E-state index contributed by atoms with van der Waals surface area (Å²) in [6, 6.07) is 0. The average Bonchev–Trinajstić information content (AvgIpc) is 2.53. The molecule has 1 aliphatic rings. The van der Waals surface area contributed by atoms with E-state index in [9.17, 15) is 14.4 Å². The van der Waals surface area contributed by atoms with Gasteiger partial charge in [-0.05, 0) is 52.6 Å². The number of likely N-dealkylation sites (N-methyl/N-ethyl adjacent to an activating group) is 1. The summed E-state index contributed by atoms with van der Waals surface area (Å²) in [7, 11) is 4.19. The molecular formula is C20H37NO8. The highest BCUT2D eigenvalue weighted by Gasteiger charge is 2.40. The summed E-state index contributed by atoms with van der Waals surface area (Å²) in [5, 5.41) is 33.8. The molecule has 1 saturated carbocycles. The van der Waals surface area contributed by atoms with Gasteiger partial charge < -0.3 is 30.1 Å². The molecule has 0 amide bonds. The van der Waals surface area contributed by atoms with Crippen LogP contribution in [-0.4, -0.2) is 81.7 Å². The molecule has 1 rings (SSSR count). The lowest BCUT2D eigenvalue weighted by atomic mass is 9.75. The van der Waals surface area contributed by atoms with Gasteiger partial charge in [0.25, 0.3) is 0 Å². The van der Waals surface area contributed by atoms with Crippen molar-refractivity contribution in [2.24, 2.45) is 11.8 Å². The number of hydrogen-bond acceptors (Lipinski definition) is 6. The SMILES string of the molecule is CC1CCC(C(C)(C)OCCN(C)C)CC1.O=C(O)CC(O)(CC(=O)O)C(=O)O. The molecule has 0 heterocycles. The van der Waals surface area contributed by atoms with Gasteiger partial charge in [-0.1, -0.05) is 19.8 Å². The van der Waals surface area contributed by atoms with E-state index in [4.69, 9.17) is 25.2 Å². The Morgan fingerprint density at radius 1 is 0.966 bits per heavy atom. The van der Waals surface area contributed by atoms with Gasteiger partial charge in [0, 0.05) is 6.54 Å². The van der Waals surface area contributed by atoms with Gasteiger partial charge in [0.2, 0.25) is 0 Å². The Morgan fingerprint density at radius 2 is 1.41 bits per heavy atom. The van der Waals surface area contributed by atoms with E-state index >= 15 is 0 Å². The van der Waals surface area contributed by atoms with Crippen LogP contribution >= 0.6 is 0 Å². The molecule has 0 saturated heterocycles. The fourth-order valence-electron chi connectivity index (χ4n) is 3.28. The molecule has 4 N–H and O–H groups in total. The van der Waals surface area contributed by atoms with Crippen molar-refractivity contribution in [3.63, 3.8) is 0 Å². The van der Waals surface area contributed by atoms with Crippen LogP contribution in [0.3, 0.4) is 0 Å². The molecule has 1 fully saturated rings. The summed E-state index contributed by atoms with van der Waals surface area (Å²) in [6.45, 7) is 8.78. The van der Waals surface area contributed by atoms with Crippen molar-refractivity contribution in [1.29, 1.82) is 0 Å². The van der Waals surface area contributed by atoms with Crippen LogP contribution in [0.1, 0.15) is 59.3 Å². The zero-order valence-corrected chi connectivity index (χ0v) is 18.2. The van der Waals surface area contributed by atoms with E-state index in [1.807, 2.05) is 0 Å². The monoisotopic (exact) mass is 419 g/mol. The van der Waals surface area contributed by atoms with Crippen LogP contribution in [0.5, 0.6) is 0 Å². The first kappa shape index (κ1) is 27.3. The molecule has 9 heteroatoms. The first-order valence-corrected chi connectivity index (χ1v) is 9.87. The highest BCUT2D eigenvalue weighted by atomic mass is 16.5. The summed E-state index contributed by atoms with van der Waals surface area (Å²) in [5.41, 5.74) is -2.67. The number of aliphatic hydroxyl groups is 1. The van der Waals surface area contributed by atoms with E-state index in [0.29, 0.717) is 0 Å². The predicted molar refractivity (Wildman–Crippen MR) is 107 cm³/mol. The molecule has 0 aliphatic heterocycles. The summed E-state index contributed by atoms with van der Waals surface area (Å²) < 4.78 is 6.07. The maximum absolute atomic E-state index is 10.3. The van der Waals surface area contributed by atoms with E-state index in [1.54, 1.807) is 0 Å². The van der Waals surface area contributed by atoms with Gasteiger partial charge in [-0.25, -0.2) is 4.79 Å². The van der Waals surface area contributed by atoms with E-state index in [1.165, 1.54) is 25.7 Å². The second-order valence-electron chi connectivity index (χ2n) is 8.69. The Balaban J connectivity index is 0.000000555. The highest BCUT2D eigenvalue weighted by Crippen LogP contribution is 2.36. The van der Waals surface area contributed by atoms with E-state index in [-0.39, 0.29) is 5.60 Å². The largest absolute Gasteiger partial charge is 0.481 e. The lowest BCUT2D eigenvalue weighted by Gasteiger charge is -2.38. The minimum Gasteiger partial charge on any atom is -0.481 e. The van der Waals surface area contributed by atoms with Crippen molar-refractivity contribution in [3.8, 4) is 0 Å². The standard InChI is InChI=1S/C14H29NO.C6H8O7/c1-12-6-8-13(9-7-12)14(2,3)16-11-10-15(4)5;7-3(8)1-6(13,5(11)12)2-4(9)10/h12-13H,6-11H2,1-5H3;13H,1-2H2,(H,7,8)(H,9,10)(H,11,12). The molecule has 0 aromatic heterocycles. The molecule has 0 radical (unpaired) electrons. The number of carbonyl (C=O) groups is 3. The van der Waals surface area contributed by atoms with Gasteiger partial charge >= 0.3 is 17.9 Å². The molecule has 29 heavy (non-hydrogen) atoms. The lowest BCUT2D eigenvalue weighted by Crippen LogP contribution is -2.42. The third-order valence-corrected chi connectivity index (χ3v) is 5.30. The van der Waals surface area contributed by atoms with Crippen LogP contribution in [0.15, 0.2) is 0 Å². The van der Waals surface area contributed by atoms with Crippen molar-refractivity contribution < 1.29 is 39.5 Å². The second-order valence-corrected chi connectivity index (χ2v) is 8.69. The van der Waals surface area contributed by atoms with Crippen molar-refractivity contribution in [2.45, 2.75) is 70.5 Å². The van der Waals surface area contributed by atoms with Crippen molar-refractivity contribution >= 4 is 17.9 Å². The Labute approximate surface area is 172 Å². The number of rotatable bonds is 10. The summed E-state index contributed by atoms with van der Waals surface area (Å²) in [4.78, 5) is 32.7. The Bertz CT molecular complexity index is 523. The number of hydrogen-bond donors (Lipinski definition) is 4. The molecule has 0 unspecified atom stereocenters. The van der Waals surface area contributed by atoms with Crippen LogP contribution in [0.25, 0.3) is 0 Å². The number of carboxylic acids is 3. The molecule has 0 spiro atoms. The van der Waals surface area contributed by atoms with Gasteiger partial charge in [0.15, 0.2) is 5.60 Å². The number of carboxylic acid groups (broad SMARTS) is 3. The highest BCUT2D eigenvalue weighted by molar-refractivity contribution is 5.88. The van der Waals surface area contributed by atoms with Gasteiger partial charge in [0.1, 0.15) is 0 Å². The molecular weight excluding hydrogens is 382 g/mol. The maximum atomic E-state index is 10.3. The van der Waals surface area contributed by atoms with Crippen LogP contribution in [0, 0.1) is 11.8 Å². The zero-order valence-electron chi connectivity index (χ0n) is 18.2. The fraction of sp³-hybridized carbons (Fsp3) is 0.850. The van der Waals surface area contributed by atoms with Crippen LogP contribution in [0.4, 0.5) is 0 Å². The third kappa shape index (κ3) is 11.2. The zero-order chi connectivity index (χ0) is 22.8. The molecule has 170 valence electrons. The Kier molecular flexibility index (Phi) is 11.4. The predicted octanol–water partition coefficient (Wildman–Crippen LogP) is 1.92. The third-order valence-electron chi connectivity index (χ3n) is 5.30. The maximum Gasteiger partial charge on any atom is 0.336 e. The fourth-order valence-corrected chi connectivity index (χ4v) is 3.28. The van der Waals surface area contributed by atoms with E-state index in [2.05, 4.69) is 39.8 Å². The molecule has 1 aliphatic carbocycles. The van der Waals surface area contributed by atoms with E-state index < -0.39 is 36.4 Å². The summed E-state index contributed by atoms with van der Waals surface area (Å²) in [6.07, 6.45) is 3.16. The molecule has 0 atom stereocenters. The Morgan fingerprint density at radius 3 is 1.76 bits per heavy atom. The average molecular weight is 420 g/mol. The van der Waals surface area contributed by atoms with Crippen LogP contribution < -0.4 is 0 Å². The quantitative estimate of drug-likeness (QED) is 0.417. The molecule has 0 aromatic carbocycles. The van der Waals surface area contributed by atoms with Crippen molar-refractivity contribution in [2.75, 3.05) is 27.2 Å². The van der Waals surface area contributed by atoms with Gasteiger partial charge in [-0.2, -0.15) is 0 Å². The van der Waals surface area contributed by atoms with Gasteiger partial charge in [0.05, 0.1) is 25.0 Å². The topological polar surface area (TPSA) is 145 Å². The lowest BCUT2D eigenvalue weighted by molar-refractivity contribution is -0.170. The number of aliphatic carboxylic acids is 3. The summed E-state index contributed by atoms with van der Waals surface area (Å²) >= 11 is 0. The normalized spacial score (nSPS) is 20.0. The summed E-state index contributed by atoms with van der Waals surface area (Å²) in [5.74, 6) is -3.34. The molecule has 0 aromatic rings. The first-order chi connectivity index (χ1) is 13.2. The van der Waals surface area contributed by atoms with Crippen molar-refractivity contribution in [3.05, 3.63) is 0 Å². The van der Waals surface area contributed by atoms with Crippen molar-refractivity contribution in [1.82, 2.24) is 4.90 Å². The van der Waals surface area contributed by atoms with Crippen LogP contribution in [0.2, 0.25) is 0 Å². The van der Waals surface area contributed by atoms with Gasteiger partial charge in [-0.3, -0.25) is 9.59 Å². The minimum absolute atomic E-state index is 0.0656. The minimum atomic E-state index is -2.74. The van der Waals surface area contributed by atoms with Crippen LogP contribution in [-0.2, 0) is 19.1 Å². The second kappa shape index (κ2) is 12.1. The van der Waals surface area contributed by atoms with E-state index in [0.717, 1.165) is 25.0 Å². The van der Waals surface area contributed by atoms with Gasteiger partial charge in [-0.15, -0.1) is 0 Å². The molecule has 0 bridgehead atoms. The molecule has 9 nitrogen and oxygen atoms in total.